The number of fused-ring (bicyclic) bond motifs is 1. The second-order valence-corrected chi connectivity index (χ2v) is 9.15. The summed E-state index contributed by atoms with van der Waals surface area (Å²) >= 11 is 2.72. The second kappa shape index (κ2) is 8.49. The van der Waals surface area contributed by atoms with Gasteiger partial charge >= 0.3 is 0 Å². The highest BCUT2D eigenvalue weighted by atomic mass is 32.1. The molecule has 0 spiro atoms. The number of carbonyl (C=O) groups excluding carboxylic acids is 1. The number of carbonyl (C=O) groups is 1. The Hall–Kier alpha value is -3.62. The van der Waals surface area contributed by atoms with Crippen molar-refractivity contribution in [3.8, 4) is 21.8 Å². The fourth-order valence-corrected chi connectivity index (χ4v) is 5.24. The first-order valence-electron chi connectivity index (χ1n) is 9.93. The first-order chi connectivity index (χ1) is 15.6. The lowest BCUT2D eigenvalue weighted by atomic mass is 10.1. The van der Waals surface area contributed by atoms with Crippen LogP contribution in [0.2, 0.25) is 0 Å². The number of thiophene rings is 1. The molecule has 0 saturated carbocycles. The number of rotatable bonds is 5. The maximum atomic E-state index is 13.5. The summed E-state index contributed by atoms with van der Waals surface area (Å²) in [5.74, 6) is 0.280. The summed E-state index contributed by atoms with van der Waals surface area (Å²) in [6.07, 6.45) is 0. The third-order valence-electron chi connectivity index (χ3n) is 4.99. The van der Waals surface area contributed by atoms with E-state index < -0.39 is 0 Å². The van der Waals surface area contributed by atoms with Gasteiger partial charge in [-0.15, -0.1) is 22.7 Å². The van der Waals surface area contributed by atoms with Crippen molar-refractivity contribution in [3.05, 3.63) is 93.2 Å². The molecule has 1 N–H and O–H groups in total. The SMILES string of the molecule is CN(Cc1nc2ccsc2c(=O)[nH]1)C(=O)c1sc(-c2ccccc2)nc1-c1ccccc1. The molecule has 0 unspecified atom stereocenters. The quantitative estimate of drug-likeness (QED) is 0.400. The van der Waals surface area contributed by atoms with Gasteiger partial charge in [0.25, 0.3) is 11.5 Å². The van der Waals surface area contributed by atoms with Crippen LogP contribution in [0.3, 0.4) is 0 Å². The summed E-state index contributed by atoms with van der Waals surface area (Å²) in [6, 6.07) is 21.3. The third-order valence-corrected chi connectivity index (χ3v) is 6.98. The van der Waals surface area contributed by atoms with E-state index in [9.17, 15) is 9.59 Å². The predicted octanol–water partition coefficient (Wildman–Crippen LogP) is 5.05. The van der Waals surface area contributed by atoms with Gasteiger partial charge in [0, 0.05) is 18.2 Å². The van der Waals surface area contributed by atoms with Crippen LogP contribution in [0.5, 0.6) is 0 Å². The van der Waals surface area contributed by atoms with Gasteiger partial charge in [0.2, 0.25) is 0 Å². The Kier molecular flexibility index (Phi) is 5.38. The highest BCUT2D eigenvalue weighted by Crippen LogP contribution is 2.34. The van der Waals surface area contributed by atoms with Crippen LogP contribution in [0.25, 0.3) is 32.0 Å². The topological polar surface area (TPSA) is 79.0 Å². The molecule has 2 aromatic carbocycles. The van der Waals surface area contributed by atoms with Crippen LogP contribution >= 0.6 is 22.7 Å². The number of nitrogens with one attached hydrogen (secondary N) is 1. The Morgan fingerprint density at radius 3 is 2.38 bits per heavy atom. The molecular weight excluding hydrogens is 440 g/mol. The monoisotopic (exact) mass is 458 g/mol. The van der Waals surface area contributed by atoms with Crippen LogP contribution < -0.4 is 5.56 Å². The molecule has 32 heavy (non-hydrogen) atoms. The van der Waals surface area contributed by atoms with E-state index in [1.165, 1.54) is 22.7 Å². The summed E-state index contributed by atoms with van der Waals surface area (Å²) in [7, 11) is 1.71. The van der Waals surface area contributed by atoms with E-state index in [4.69, 9.17) is 4.98 Å². The van der Waals surface area contributed by atoms with Crippen LogP contribution in [-0.4, -0.2) is 32.8 Å². The summed E-state index contributed by atoms with van der Waals surface area (Å²) < 4.78 is 0.587. The number of aromatic nitrogens is 3. The minimum atomic E-state index is -0.185. The molecule has 5 rings (SSSR count). The van der Waals surface area contributed by atoms with E-state index >= 15 is 0 Å². The minimum Gasteiger partial charge on any atom is -0.333 e. The fraction of sp³-hybridized carbons (Fsp3) is 0.0833. The van der Waals surface area contributed by atoms with E-state index in [0.29, 0.717) is 26.6 Å². The van der Waals surface area contributed by atoms with Gasteiger partial charge in [-0.25, -0.2) is 9.97 Å². The molecule has 0 bridgehead atoms. The average Bonchev–Trinajstić information content (AvgIpc) is 3.47. The normalized spacial score (nSPS) is 11.0. The van der Waals surface area contributed by atoms with Crippen molar-refractivity contribution in [1.29, 1.82) is 0 Å². The zero-order chi connectivity index (χ0) is 22.1. The second-order valence-electron chi connectivity index (χ2n) is 7.24. The number of aromatic amines is 1. The first kappa shape index (κ1) is 20.3. The van der Waals surface area contributed by atoms with Crippen molar-refractivity contribution >= 4 is 38.8 Å². The fourth-order valence-electron chi connectivity index (χ4n) is 3.43. The molecule has 0 radical (unpaired) electrons. The Morgan fingerprint density at radius 1 is 0.969 bits per heavy atom. The Bertz CT molecular complexity index is 1460. The summed E-state index contributed by atoms with van der Waals surface area (Å²) in [6.45, 7) is 0.187. The molecule has 0 fully saturated rings. The van der Waals surface area contributed by atoms with Gasteiger partial charge < -0.3 is 9.88 Å². The van der Waals surface area contributed by atoms with E-state index in [1.807, 2.05) is 72.1 Å². The molecule has 0 aliphatic rings. The van der Waals surface area contributed by atoms with Gasteiger partial charge in [-0.1, -0.05) is 60.7 Å². The Balaban J connectivity index is 1.51. The number of hydrogen-bond acceptors (Lipinski definition) is 6. The van der Waals surface area contributed by atoms with Crippen LogP contribution in [0.1, 0.15) is 15.5 Å². The highest BCUT2D eigenvalue weighted by Gasteiger charge is 2.23. The molecular formula is C24H18N4O2S2. The van der Waals surface area contributed by atoms with Crippen LogP contribution in [0.4, 0.5) is 0 Å². The number of H-pyrrole nitrogens is 1. The lowest BCUT2D eigenvalue weighted by Crippen LogP contribution is -2.28. The molecule has 0 aliphatic carbocycles. The summed E-state index contributed by atoms with van der Waals surface area (Å²) in [5.41, 5.74) is 2.96. The first-order valence-corrected chi connectivity index (χ1v) is 11.6. The summed E-state index contributed by atoms with van der Waals surface area (Å²) in [4.78, 5) is 40.0. The molecule has 8 heteroatoms. The third kappa shape index (κ3) is 3.86. The van der Waals surface area contributed by atoms with E-state index in [1.54, 1.807) is 11.9 Å². The van der Waals surface area contributed by atoms with Crippen molar-refractivity contribution < 1.29 is 4.79 Å². The maximum absolute atomic E-state index is 13.5. The van der Waals surface area contributed by atoms with Crippen LogP contribution in [0.15, 0.2) is 76.9 Å². The molecule has 3 heterocycles. The predicted molar refractivity (Wildman–Crippen MR) is 129 cm³/mol. The largest absolute Gasteiger partial charge is 0.333 e. The molecule has 158 valence electrons. The lowest BCUT2D eigenvalue weighted by molar-refractivity contribution is 0.0787. The van der Waals surface area contributed by atoms with Gasteiger partial charge in [-0.3, -0.25) is 9.59 Å². The molecule has 6 nitrogen and oxygen atoms in total. The van der Waals surface area contributed by atoms with E-state index in [2.05, 4.69) is 9.97 Å². The van der Waals surface area contributed by atoms with Crippen molar-refractivity contribution in [2.24, 2.45) is 0 Å². The summed E-state index contributed by atoms with van der Waals surface area (Å²) in [5, 5.41) is 2.62. The van der Waals surface area contributed by atoms with Crippen molar-refractivity contribution in [3.63, 3.8) is 0 Å². The smallest absolute Gasteiger partial charge is 0.268 e. The van der Waals surface area contributed by atoms with Crippen molar-refractivity contribution in [2.45, 2.75) is 6.54 Å². The van der Waals surface area contributed by atoms with Crippen LogP contribution in [-0.2, 0) is 6.54 Å². The average molecular weight is 459 g/mol. The zero-order valence-corrected chi connectivity index (χ0v) is 18.7. The van der Waals surface area contributed by atoms with Gasteiger partial charge in [0.1, 0.15) is 20.4 Å². The van der Waals surface area contributed by atoms with Gasteiger partial charge in [0.15, 0.2) is 0 Å². The Labute approximate surface area is 191 Å². The number of thiazole rings is 1. The molecule has 5 aromatic rings. The van der Waals surface area contributed by atoms with E-state index in [0.717, 1.165) is 16.1 Å². The van der Waals surface area contributed by atoms with Crippen LogP contribution in [0, 0.1) is 0 Å². The highest BCUT2D eigenvalue weighted by molar-refractivity contribution is 7.17. The Morgan fingerprint density at radius 2 is 1.66 bits per heavy atom. The maximum Gasteiger partial charge on any atom is 0.268 e. The van der Waals surface area contributed by atoms with Crippen molar-refractivity contribution in [2.75, 3.05) is 7.05 Å². The van der Waals surface area contributed by atoms with Crippen molar-refractivity contribution in [1.82, 2.24) is 19.9 Å². The molecule has 0 atom stereocenters. The molecule has 3 aromatic heterocycles. The zero-order valence-electron chi connectivity index (χ0n) is 17.1. The standard InChI is InChI=1S/C24H18N4O2S2/c1-28(14-18-25-17-12-13-31-20(17)22(29)26-18)24(30)21-19(15-8-4-2-5-9-15)27-23(32-21)16-10-6-3-7-11-16/h2-13H,14H2,1H3,(H,25,26,29). The minimum absolute atomic E-state index is 0.170. The number of hydrogen-bond donors (Lipinski definition) is 1. The molecule has 0 aliphatic heterocycles. The van der Waals surface area contributed by atoms with E-state index in [-0.39, 0.29) is 18.0 Å². The van der Waals surface area contributed by atoms with Gasteiger partial charge in [-0.2, -0.15) is 0 Å². The van der Waals surface area contributed by atoms with Gasteiger partial charge in [-0.05, 0) is 11.4 Å². The molecule has 1 amide bonds. The number of nitrogens with zero attached hydrogens (tertiary/aromatic N) is 3. The number of benzene rings is 2. The lowest BCUT2D eigenvalue weighted by Gasteiger charge is -2.16. The number of amides is 1. The van der Waals surface area contributed by atoms with Gasteiger partial charge in [0.05, 0.1) is 17.8 Å². The molecule has 0 saturated heterocycles.